The molecule has 2 heterocycles. The van der Waals surface area contributed by atoms with Gasteiger partial charge in [-0.05, 0) is 35.9 Å². The van der Waals surface area contributed by atoms with Gasteiger partial charge in [0.05, 0.1) is 12.8 Å². The first-order valence-corrected chi connectivity index (χ1v) is 10.6. The molecule has 3 aromatic rings. The summed E-state index contributed by atoms with van der Waals surface area (Å²) in [7, 11) is 0. The maximum Gasteiger partial charge on any atom is 0.136 e. The highest BCUT2D eigenvalue weighted by Gasteiger charge is 2.46. The lowest BCUT2D eigenvalue weighted by atomic mass is 9.97. The Morgan fingerprint density at radius 1 is 1.10 bits per heavy atom. The molecule has 0 saturated carbocycles. The third-order valence-corrected chi connectivity index (χ3v) is 6.35. The van der Waals surface area contributed by atoms with Crippen LogP contribution in [0.15, 0.2) is 65.8 Å². The molecule has 3 N–H and O–H groups in total. The van der Waals surface area contributed by atoms with Crippen LogP contribution in [0.3, 0.4) is 0 Å². The van der Waals surface area contributed by atoms with Crippen molar-refractivity contribution in [1.29, 1.82) is 0 Å². The van der Waals surface area contributed by atoms with Crippen LogP contribution in [0.1, 0.15) is 6.04 Å². The topological polar surface area (TPSA) is 87.7 Å². The SMILES string of the molecule is OCC1O[C@H](Sc2cccc(Cl)c2)C(O)[C@@H](n2cc(-c3cccc(F)c3)cn2)[C@H]1O. The third kappa shape index (κ3) is 4.39. The number of benzene rings is 2. The molecule has 2 unspecified atom stereocenters. The molecule has 4 rings (SSSR count). The molecule has 158 valence electrons. The summed E-state index contributed by atoms with van der Waals surface area (Å²) in [5, 5.41) is 36.2. The van der Waals surface area contributed by atoms with Gasteiger partial charge in [-0.15, -0.1) is 0 Å². The maximum absolute atomic E-state index is 13.6. The Bertz CT molecular complexity index is 1020. The lowest BCUT2D eigenvalue weighted by Crippen LogP contribution is -2.54. The summed E-state index contributed by atoms with van der Waals surface area (Å²) in [6.45, 7) is -0.422. The van der Waals surface area contributed by atoms with E-state index < -0.39 is 36.4 Å². The zero-order valence-electron chi connectivity index (χ0n) is 15.7. The van der Waals surface area contributed by atoms with E-state index in [2.05, 4.69) is 5.10 Å². The molecule has 2 aromatic carbocycles. The summed E-state index contributed by atoms with van der Waals surface area (Å²) in [4.78, 5) is 0.777. The molecule has 0 amide bonds. The first-order chi connectivity index (χ1) is 14.5. The fourth-order valence-electron chi connectivity index (χ4n) is 3.47. The number of rotatable bonds is 5. The second-order valence-electron chi connectivity index (χ2n) is 6.99. The number of aromatic nitrogens is 2. The van der Waals surface area contributed by atoms with Gasteiger partial charge in [0, 0.05) is 21.7 Å². The molecule has 30 heavy (non-hydrogen) atoms. The molecule has 1 aliphatic heterocycles. The lowest BCUT2D eigenvalue weighted by Gasteiger charge is -2.42. The summed E-state index contributed by atoms with van der Waals surface area (Å²) in [5.74, 6) is -0.371. The molecule has 1 saturated heterocycles. The third-order valence-electron chi connectivity index (χ3n) is 4.96. The summed E-state index contributed by atoms with van der Waals surface area (Å²) < 4.78 is 20.7. The molecule has 0 radical (unpaired) electrons. The molecule has 1 aromatic heterocycles. The standard InChI is InChI=1S/C21H20ClFN2O4S/c22-14-4-2-6-16(8-14)30-21-20(28)18(19(27)17(11-26)29-21)25-10-13(9-24-25)12-3-1-5-15(23)7-12/h1-10,17-21,26-28H,11H2/t17?,18-,19-,20?,21+/m0/s1. The van der Waals surface area contributed by atoms with Gasteiger partial charge in [0.1, 0.15) is 35.6 Å². The zero-order valence-corrected chi connectivity index (χ0v) is 17.2. The Morgan fingerprint density at radius 2 is 1.90 bits per heavy atom. The van der Waals surface area contributed by atoms with Crippen LogP contribution in [-0.2, 0) is 4.74 Å². The number of thioether (sulfide) groups is 1. The number of aliphatic hydroxyl groups excluding tert-OH is 3. The monoisotopic (exact) mass is 450 g/mol. The minimum absolute atomic E-state index is 0.371. The Balaban J connectivity index is 1.62. The van der Waals surface area contributed by atoms with Crippen molar-refractivity contribution in [2.24, 2.45) is 0 Å². The van der Waals surface area contributed by atoms with Gasteiger partial charge in [-0.3, -0.25) is 4.68 Å². The van der Waals surface area contributed by atoms with Crippen molar-refractivity contribution in [2.75, 3.05) is 6.61 Å². The van der Waals surface area contributed by atoms with E-state index in [0.717, 1.165) is 4.90 Å². The van der Waals surface area contributed by atoms with Crippen molar-refractivity contribution >= 4 is 23.4 Å². The fourth-order valence-corrected chi connectivity index (χ4v) is 4.84. The highest BCUT2D eigenvalue weighted by atomic mass is 35.5. The maximum atomic E-state index is 13.6. The fraction of sp³-hybridized carbons (Fsp3) is 0.286. The van der Waals surface area contributed by atoms with E-state index in [1.165, 1.54) is 34.8 Å². The summed E-state index contributed by atoms with van der Waals surface area (Å²) >= 11 is 7.28. The Kier molecular flexibility index (Phi) is 6.43. The molecule has 0 spiro atoms. The Labute approximate surface area is 181 Å². The van der Waals surface area contributed by atoms with Gasteiger partial charge in [0.25, 0.3) is 0 Å². The molecule has 0 aliphatic carbocycles. The number of aliphatic hydroxyl groups is 3. The normalized spacial score (nSPS) is 26.6. The second-order valence-corrected chi connectivity index (χ2v) is 8.60. The quantitative estimate of drug-likeness (QED) is 0.553. The lowest BCUT2D eigenvalue weighted by molar-refractivity contribution is -0.178. The van der Waals surface area contributed by atoms with Gasteiger partial charge in [0.2, 0.25) is 0 Å². The van der Waals surface area contributed by atoms with Crippen LogP contribution < -0.4 is 0 Å². The van der Waals surface area contributed by atoms with Crippen LogP contribution in [0.5, 0.6) is 0 Å². The van der Waals surface area contributed by atoms with Crippen molar-refractivity contribution in [3.8, 4) is 11.1 Å². The largest absolute Gasteiger partial charge is 0.394 e. The minimum Gasteiger partial charge on any atom is -0.394 e. The van der Waals surface area contributed by atoms with Crippen molar-refractivity contribution in [3.63, 3.8) is 0 Å². The van der Waals surface area contributed by atoms with E-state index >= 15 is 0 Å². The number of nitrogens with zero attached hydrogens (tertiary/aromatic N) is 2. The number of hydrogen-bond donors (Lipinski definition) is 3. The predicted molar refractivity (Wildman–Crippen MR) is 112 cm³/mol. The number of ether oxygens (including phenoxy) is 1. The molecular weight excluding hydrogens is 431 g/mol. The minimum atomic E-state index is -1.19. The van der Waals surface area contributed by atoms with Crippen molar-refractivity contribution in [2.45, 2.75) is 34.7 Å². The molecule has 6 nitrogen and oxygen atoms in total. The van der Waals surface area contributed by atoms with Gasteiger partial charge in [-0.25, -0.2) is 4.39 Å². The van der Waals surface area contributed by atoms with Crippen LogP contribution in [-0.4, -0.2) is 55.5 Å². The summed E-state index contributed by atoms with van der Waals surface area (Å²) in [5.41, 5.74) is 0.497. The van der Waals surface area contributed by atoms with Gasteiger partial charge in [-0.2, -0.15) is 5.10 Å². The van der Waals surface area contributed by atoms with E-state index in [0.29, 0.717) is 16.1 Å². The second kappa shape index (κ2) is 9.05. The average Bonchev–Trinajstić information content (AvgIpc) is 3.20. The molecule has 1 fully saturated rings. The van der Waals surface area contributed by atoms with Crippen molar-refractivity contribution in [1.82, 2.24) is 9.78 Å². The molecule has 9 heteroatoms. The highest BCUT2D eigenvalue weighted by Crippen LogP contribution is 2.38. The van der Waals surface area contributed by atoms with E-state index in [1.807, 2.05) is 6.07 Å². The van der Waals surface area contributed by atoms with E-state index in [9.17, 15) is 19.7 Å². The smallest absolute Gasteiger partial charge is 0.136 e. The molecule has 1 aliphatic rings. The van der Waals surface area contributed by atoms with Gasteiger partial charge < -0.3 is 20.1 Å². The van der Waals surface area contributed by atoms with Crippen LogP contribution >= 0.6 is 23.4 Å². The Morgan fingerprint density at radius 3 is 2.63 bits per heavy atom. The van der Waals surface area contributed by atoms with Gasteiger partial charge >= 0.3 is 0 Å². The number of halogens is 2. The van der Waals surface area contributed by atoms with Gasteiger partial charge in [-0.1, -0.05) is 41.6 Å². The molecular formula is C21H20ClFN2O4S. The first-order valence-electron chi connectivity index (χ1n) is 9.31. The van der Waals surface area contributed by atoms with E-state index in [1.54, 1.807) is 36.5 Å². The number of hydrogen-bond acceptors (Lipinski definition) is 6. The average molecular weight is 451 g/mol. The summed E-state index contributed by atoms with van der Waals surface area (Å²) in [6.07, 6.45) is -0.0610. The van der Waals surface area contributed by atoms with E-state index in [4.69, 9.17) is 16.3 Å². The Hall–Kier alpha value is -1.94. The molecule has 5 atom stereocenters. The van der Waals surface area contributed by atoms with E-state index in [-0.39, 0.29) is 5.82 Å². The highest BCUT2D eigenvalue weighted by molar-refractivity contribution is 7.99. The van der Waals surface area contributed by atoms with Crippen LogP contribution in [0, 0.1) is 5.82 Å². The van der Waals surface area contributed by atoms with Crippen LogP contribution in [0.4, 0.5) is 4.39 Å². The predicted octanol–water partition coefficient (Wildman–Crippen LogP) is 3.12. The summed E-state index contributed by atoms with van der Waals surface area (Å²) in [6, 6.07) is 12.3. The van der Waals surface area contributed by atoms with Gasteiger partial charge in [0.15, 0.2) is 0 Å². The van der Waals surface area contributed by atoms with Crippen molar-refractivity contribution in [3.05, 3.63) is 71.8 Å². The van der Waals surface area contributed by atoms with Crippen molar-refractivity contribution < 1.29 is 24.4 Å². The zero-order chi connectivity index (χ0) is 21.3. The molecule has 0 bridgehead atoms. The van der Waals surface area contributed by atoms with Crippen LogP contribution in [0.2, 0.25) is 5.02 Å². The first kappa shape index (κ1) is 21.3. The van der Waals surface area contributed by atoms with Crippen LogP contribution in [0.25, 0.3) is 11.1 Å².